The zero-order valence-corrected chi connectivity index (χ0v) is 19.5. The number of hydrogen-bond acceptors (Lipinski definition) is 8. The molecule has 1 fully saturated rings. The molecule has 1 aliphatic rings. The Morgan fingerprint density at radius 2 is 1.82 bits per heavy atom. The molecule has 1 aliphatic heterocycles. The smallest absolute Gasteiger partial charge is 0.281 e. The number of hydrogen-bond donors (Lipinski definition) is 0. The van der Waals surface area contributed by atoms with Crippen LogP contribution in [0.3, 0.4) is 0 Å². The van der Waals surface area contributed by atoms with Gasteiger partial charge in [-0.25, -0.2) is 19.9 Å². The van der Waals surface area contributed by atoms with Crippen LogP contribution in [0.25, 0.3) is 10.3 Å². The average molecular weight is 462 g/mol. The summed E-state index contributed by atoms with van der Waals surface area (Å²) >= 11 is 1.43. The van der Waals surface area contributed by atoms with E-state index in [9.17, 15) is 4.79 Å². The van der Waals surface area contributed by atoms with Crippen LogP contribution in [0, 0.1) is 0 Å². The summed E-state index contributed by atoms with van der Waals surface area (Å²) in [6.45, 7) is 6.21. The molecular formula is C24H27N7OS. The predicted molar refractivity (Wildman–Crippen MR) is 131 cm³/mol. The average Bonchev–Trinajstić information content (AvgIpc) is 3.20. The van der Waals surface area contributed by atoms with Crippen molar-refractivity contribution in [3.63, 3.8) is 0 Å². The first-order valence-corrected chi connectivity index (χ1v) is 12.3. The number of anilines is 1. The summed E-state index contributed by atoms with van der Waals surface area (Å²) in [4.78, 5) is 37.0. The van der Waals surface area contributed by atoms with Crippen LogP contribution in [0.2, 0.25) is 0 Å². The maximum atomic E-state index is 13.4. The van der Waals surface area contributed by atoms with Gasteiger partial charge in [-0.1, -0.05) is 37.3 Å². The van der Waals surface area contributed by atoms with Crippen molar-refractivity contribution in [2.75, 3.05) is 31.1 Å². The maximum absolute atomic E-state index is 13.4. The lowest BCUT2D eigenvalue weighted by atomic mass is 10.1. The molecule has 1 aromatic carbocycles. The van der Waals surface area contributed by atoms with Gasteiger partial charge in [0, 0.05) is 38.6 Å². The second-order valence-electron chi connectivity index (χ2n) is 8.20. The third kappa shape index (κ3) is 4.51. The van der Waals surface area contributed by atoms with E-state index in [2.05, 4.69) is 31.7 Å². The largest absolute Gasteiger partial charge is 0.339 e. The number of fused-ring (bicyclic) bond motifs is 1. The maximum Gasteiger partial charge on any atom is 0.281 e. The highest BCUT2D eigenvalue weighted by atomic mass is 32.1. The van der Waals surface area contributed by atoms with E-state index in [1.54, 1.807) is 17.9 Å². The molecule has 3 aromatic heterocycles. The van der Waals surface area contributed by atoms with Crippen molar-refractivity contribution in [1.29, 1.82) is 0 Å². The van der Waals surface area contributed by atoms with Gasteiger partial charge in [0.1, 0.15) is 5.82 Å². The molecule has 0 bridgehead atoms. The minimum absolute atomic E-state index is 0.0459. The lowest BCUT2D eigenvalue weighted by molar-refractivity contribution is 0.192. The molecule has 1 unspecified atom stereocenters. The predicted octanol–water partition coefficient (Wildman–Crippen LogP) is 3.35. The molecule has 0 N–H and O–H groups in total. The first-order valence-electron chi connectivity index (χ1n) is 11.4. The van der Waals surface area contributed by atoms with Crippen LogP contribution in [0.5, 0.6) is 0 Å². The van der Waals surface area contributed by atoms with Crippen LogP contribution in [0.1, 0.15) is 37.2 Å². The Hall–Kier alpha value is -3.17. The molecule has 0 aliphatic carbocycles. The molecule has 33 heavy (non-hydrogen) atoms. The highest BCUT2D eigenvalue weighted by molar-refractivity contribution is 7.16. The molecule has 4 heterocycles. The molecule has 1 saturated heterocycles. The van der Waals surface area contributed by atoms with Gasteiger partial charge in [-0.05, 0) is 24.5 Å². The molecule has 9 heteroatoms. The highest BCUT2D eigenvalue weighted by Crippen LogP contribution is 2.26. The van der Waals surface area contributed by atoms with E-state index in [1.165, 1.54) is 11.3 Å². The molecule has 8 nitrogen and oxygen atoms in total. The first kappa shape index (κ1) is 21.7. The van der Waals surface area contributed by atoms with Crippen LogP contribution in [-0.4, -0.2) is 55.6 Å². The van der Waals surface area contributed by atoms with Gasteiger partial charge in [0.25, 0.3) is 5.56 Å². The fraction of sp³-hybridized carbons (Fsp3) is 0.375. The third-order valence-electron chi connectivity index (χ3n) is 6.16. The van der Waals surface area contributed by atoms with Gasteiger partial charge in [-0.2, -0.15) is 0 Å². The van der Waals surface area contributed by atoms with Gasteiger partial charge in [-0.3, -0.25) is 14.3 Å². The van der Waals surface area contributed by atoms with Gasteiger partial charge in [0.2, 0.25) is 5.95 Å². The van der Waals surface area contributed by atoms with Crippen molar-refractivity contribution in [3.8, 4) is 0 Å². The molecule has 5 rings (SSSR count). The number of nitrogens with zero attached hydrogens (tertiary/aromatic N) is 7. The zero-order valence-electron chi connectivity index (χ0n) is 18.7. The second-order valence-corrected chi connectivity index (χ2v) is 9.04. The highest BCUT2D eigenvalue weighted by Gasteiger charge is 2.28. The molecule has 0 spiro atoms. The van der Waals surface area contributed by atoms with E-state index in [4.69, 9.17) is 4.98 Å². The standard InChI is InChI=1S/C24H27N7OS/c1-2-19(29-12-7-13-30(15-14-29)24-25-10-6-11-26-24)21-28-22-20(27-17-33-22)23(32)31(21)16-18-8-4-3-5-9-18/h3-6,8-11,17,19H,2,7,12-16H2,1H3. The van der Waals surface area contributed by atoms with Crippen molar-refractivity contribution in [2.24, 2.45) is 0 Å². The van der Waals surface area contributed by atoms with E-state index < -0.39 is 0 Å². The second kappa shape index (κ2) is 9.76. The quantitative estimate of drug-likeness (QED) is 0.436. The summed E-state index contributed by atoms with van der Waals surface area (Å²) in [5.74, 6) is 1.60. The van der Waals surface area contributed by atoms with Crippen molar-refractivity contribution < 1.29 is 0 Å². The summed E-state index contributed by atoms with van der Waals surface area (Å²) in [5.41, 5.74) is 3.18. The van der Waals surface area contributed by atoms with Crippen LogP contribution in [0.4, 0.5) is 5.95 Å². The lowest BCUT2D eigenvalue weighted by Gasteiger charge is -2.31. The van der Waals surface area contributed by atoms with E-state index >= 15 is 0 Å². The molecule has 170 valence electrons. The van der Waals surface area contributed by atoms with Gasteiger partial charge in [-0.15, -0.1) is 11.3 Å². The number of aromatic nitrogens is 5. The van der Waals surface area contributed by atoms with Crippen LogP contribution in [0.15, 0.2) is 59.1 Å². The number of rotatable bonds is 6. The van der Waals surface area contributed by atoms with Crippen molar-refractivity contribution >= 4 is 27.6 Å². The Morgan fingerprint density at radius 3 is 2.61 bits per heavy atom. The molecule has 0 saturated carbocycles. The lowest BCUT2D eigenvalue weighted by Crippen LogP contribution is -2.37. The Kier molecular flexibility index (Phi) is 6.41. The molecule has 1 atom stereocenters. The van der Waals surface area contributed by atoms with Gasteiger partial charge in [0.15, 0.2) is 10.3 Å². The summed E-state index contributed by atoms with van der Waals surface area (Å²) in [6, 6.07) is 12.0. The van der Waals surface area contributed by atoms with Crippen LogP contribution in [-0.2, 0) is 6.54 Å². The topological polar surface area (TPSA) is 80.0 Å². The van der Waals surface area contributed by atoms with E-state index in [0.29, 0.717) is 16.9 Å². The fourth-order valence-corrected chi connectivity index (χ4v) is 5.20. The normalized spacial score (nSPS) is 16.1. The minimum Gasteiger partial charge on any atom is -0.339 e. The summed E-state index contributed by atoms with van der Waals surface area (Å²) in [7, 11) is 0. The van der Waals surface area contributed by atoms with Crippen molar-refractivity contribution in [3.05, 3.63) is 76.0 Å². The van der Waals surface area contributed by atoms with Crippen LogP contribution < -0.4 is 10.5 Å². The number of benzene rings is 1. The molecule has 4 aromatic rings. The Bertz CT molecular complexity index is 1260. The van der Waals surface area contributed by atoms with Crippen molar-refractivity contribution in [1.82, 2.24) is 29.4 Å². The third-order valence-corrected chi connectivity index (χ3v) is 6.88. The summed E-state index contributed by atoms with van der Waals surface area (Å²) in [5, 5.41) is 0. The first-order chi connectivity index (χ1) is 16.2. The SMILES string of the molecule is CCC(c1nc2scnc2c(=O)n1Cc1ccccc1)N1CCCN(c2ncccn2)CC1. The molecular weight excluding hydrogens is 434 g/mol. The van der Waals surface area contributed by atoms with Gasteiger partial charge in [0.05, 0.1) is 18.1 Å². The molecule has 0 radical (unpaired) electrons. The van der Waals surface area contributed by atoms with Gasteiger partial charge < -0.3 is 4.90 Å². The van der Waals surface area contributed by atoms with Crippen molar-refractivity contribution in [2.45, 2.75) is 32.4 Å². The Balaban J connectivity index is 1.48. The Labute approximate surface area is 196 Å². The minimum atomic E-state index is -0.0623. The van der Waals surface area contributed by atoms with E-state index in [-0.39, 0.29) is 11.6 Å². The van der Waals surface area contributed by atoms with Gasteiger partial charge >= 0.3 is 0 Å². The van der Waals surface area contributed by atoms with E-state index in [1.807, 2.05) is 41.0 Å². The Morgan fingerprint density at radius 1 is 1.00 bits per heavy atom. The zero-order chi connectivity index (χ0) is 22.6. The fourth-order valence-electron chi connectivity index (χ4n) is 4.54. The monoisotopic (exact) mass is 461 g/mol. The number of thiazole rings is 1. The molecule has 0 amide bonds. The summed E-state index contributed by atoms with van der Waals surface area (Å²) < 4.78 is 1.83. The summed E-state index contributed by atoms with van der Waals surface area (Å²) in [6.07, 6.45) is 5.44. The van der Waals surface area contributed by atoms with Crippen LogP contribution >= 0.6 is 11.3 Å². The van der Waals surface area contributed by atoms with E-state index in [0.717, 1.165) is 56.4 Å².